The first-order valence-corrected chi connectivity index (χ1v) is 8.20. The number of benzene rings is 1. The van der Waals surface area contributed by atoms with Gasteiger partial charge in [0.1, 0.15) is 5.75 Å². The summed E-state index contributed by atoms with van der Waals surface area (Å²) in [7, 11) is 0. The van der Waals surface area contributed by atoms with Crippen LogP contribution >= 0.6 is 0 Å². The van der Waals surface area contributed by atoms with Crippen molar-refractivity contribution in [3.8, 4) is 5.75 Å². The molecule has 0 bridgehead atoms. The van der Waals surface area contributed by atoms with Gasteiger partial charge in [0, 0.05) is 11.3 Å². The van der Waals surface area contributed by atoms with Gasteiger partial charge in [-0.3, -0.25) is 0 Å². The molecule has 0 fully saturated rings. The second-order valence-corrected chi connectivity index (χ2v) is 7.38. The highest BCUT2D eigenvalue weighted by Gasteiger charge is 2.32. The molecule has 1 aromatic heterocycles. The van der Waals surface area contributed by atoms with Gasteiger partial charge in [0.15, 0.2) is 0 Å². The van der Waals surface area contributed by atoms with Gasteiger partial charge in [0.2, 0.25) is 0 Å². The van der Waals surface area contributed by atoms with E-state index in [-0.39, 0.29) is 11.3 Å². The summed E-state index contributed by atoms with van der Waals surface area (Å²) >= 11 is 0. The van der Waals surface area contributed by atoms with Crippen molar-refractivity contribution in [1.29, 1.82) is 0 Å². The molecule has 0 saturated heterocycles. The standard InChI is InChI=1S/C19H20O4/c1-10-9-22-16-12-6-7-13-11(5-4-8-19(13,2)3)15(12)18(21)23-17(20)14(10)16/h6-7,10H,4-5,8-9H2,1-3H3/t10-/m0/s1. The lowest BCUT2D eigenvalue weighted by molar-refractivity contribution is 0.340. The van der Waals surface area contributed by atoms with Crippen LogP contribution in [-0.2, 0) is 11.8 Å². The third-order valence-corrected chi connectivity index (χ3v) is 5.34. The zero-order chi connectivity index (χ0) is 16.4. The van der Waals surface area contributed by atoms with E-state index in [0.29, 0.717) is 23.3 Å². The van der Waals surface area contributed by atoms with Gasteiger partial charge in [-0.2, -0.15) is 0 Å². The monoisotopic (exact) mass is 312 g/mol. The molecule has 2 aliphatic rings. The SMILES string of the molecule is C[C@H]1COc2c1c(=O)oc(=O)c1c3c(ccc21)C(C)(C)CCC3. The lowest BCUT2D eigenvalue weighted by Crippen LogP contribution is -2.25. The molecule has 1 atom stereocenters. The third-order valence-electron chi connectivity index (χ3n) is 5.34. The minimum atomic E-state index is -0.560. The lowest BCUT2D eigenvalue weighted by atomic mass is 9.72. The van der Waals surface area contributed by atoms with Crippen LogP contribution < -0.4 is 16.0 Å². The molecular formula is C19H20O4. The molecular weight excluding hydrogens is 292 g/mol. The van der Waals surface area contributed by atoms with Crippen molar-refractivity contribution < 1.29 is 9.15 Å². The van der Waals surface area contributed by atoms with E-state index in [9.17, 15) is 9.59 Å². The van der Waals surface area contributed by atoms with Crippen LogP contribution in [0, 0.1) is 0 Å². The van der Waals surface area contributed by atoms with Gasteiger partial charge in [-0.1, -0.05) is 32.9 Å². The van der Waals surface area contributed by atoms with Crippen LogP contribution in [0.5, 0.6) is 5.75 Å². The largest absolute Gasteiger partial charge is 0.492 e. The van der Waals surface area contributed by atoms with Gasteiger partial charge in [-0.15, -0.1) is 0 Å². The van der Waals surface area contributed by atoms with Crippen LogP contribution in [-0.4, -0.2) is 6.61 Å². The van der Waals surface area contributed by atoms with Crippen molar-refractivity contribution in [2.24, 2.45) is 0 Å². The molecule has 0 N–H and O–H groups in total. The van der Waals surface area contributed by atoms with Crippen molar-refractivity contribution in [2.45, 2.75) is 51.4 Å². The highest BCUT2D eigenvalue weighted by molar-refractivity contribution is 5.92. The Hall–Kier alpha value is -2.10. The molecule has 2 heterocycles. The molecule has 4 nitrogen and oxygen atoms in total. The maximum Gasteiger partial charge on any atom is 0.347 e. The fourth-order valence-electron chi connectivity index (χ4n) is 4.11. The van der Waals surface area contributed by atoms with E-state index < -0.39 is 11.3 Å². The summed E-state index contributed by atoms with van der Waals surface area (Å²) in [6.07, 6.45) is 2.96. The van der Waals surface area contributed by atoms with Crippen molar-refractivity contribution in [3.63, 3.8) is 0 Å². The maximum atomic E-state index is 12.6. The first kappa shape index (κ1) is 14.5. The Morgan fingerprint density at radius 1 is 1.17 bits per heavy atom. The summed E-state index contributed by atoms with van der Waals surface area (Å²) in [5.41, 5.74) is 1.63. The number of ether oxygens (including phenoxy) is 1. The quantitative estimate of drug-likeness (QED) is 0.749. The average molecular weight is 312 g/mol. The molecule has 0 unspecified atom stereocenters. The van der Waals surface area contributed by atoms with Crippen LogP contribution in [0.4, 0.5) is 0 Å². The second kappa shape index (κ2) is 4.70. The zero-order valence-electron chi connectivity index (χ0n) is 13.7. The average Bonchev–Trinajstić information content (AvgIpc) is 2.82. The van der Waals surface area contributed by atoms with Gasteiger partial charge in [0.05, 0.1) is 17.6 Å². The van der Waals surface area contributed by atoms with Gasteiger partial charge in [-0.05, 0) is 35.8 Å². The predicted molar refractivity (Wildman–Crippen MR) is 88.6 cm³/mol. The van der Waals surface area contributed by atoms with Crippen molar-refractivity contribution in [1.82, 2.24) is 0 Å². The van der Waals surface area contributed by atoms with E-state index in [1.165, 1.54) is 5.56 Å². The Morgan fingerprint density at radius 3 is 2.74 bits per heavy atom. The minimum Gasteiger partial charge on any atom is -0.492 e. The fraction of sp³-hybridized carbons (Fsp3) is 0.474. The number of aryl methyl sites for hydroxylation is 1. The fourth-order valence-corrected chi connectivity index (χ4v) is 4.11. The third kappa shape index (κ3) is 1.97. The molecule has 0 spiro atoms. The normalized spacial score (nSPS) is 21.6. The molecule has 1 aliphatic heterocycles. The van der Waals surface area contributed by atoms with E-state index in [4.69, 9.17) is 9.15 Å². The van der Waals surface area contributed by atoms with Gasteiger partial charge >= 0.3 is 11.3 Å². The first-order valence-electron chi connectivity index (χ1n) is 8.20. The van der Waals surface area contributed by atoms with Crippen LogP contribution in [0.25, 0.3) is 10.8 Å². The lowest BCUT2D eigenvalue weighted by Gasteiger charge is -2.32. The Kier molecular flexibility index (Phi) is 2.96. The van der Waals surface area contributed by atoms with Crippen LogP contribution in [0.2, 0.25) is 0 Å². The van der Waals surface area contributed by atoms with Crippen LogP contribution in [0.15, 0.2) is 26.1 Å². The minimum absolute atomic E-state index is 0.0280. The molecule has 120 valence electrons. The molecule has 4 heteroatoms. The topological polar surface area (TPSA) is 56.5 Å². The summed E-state index contributed by atoms with van der Waals surface area (Å²) in [6, 6.07) is 4.02. The molecule has 1 aliphatic carbocycles. The van der Waals surface area contributed by atoms with Crippen molar-refractivity contribution >= 4 is 10.8 Å². The molecule has 23 heavy (non-hydrogen) atoms. The van der Waals surface area contributed by atoms with Crippen molar-refractivity contribution in [2.75, 3.05) is 6.61 Å². The Labute approximate surface area is 134 Å². The van der Waals surface area contributed by atoms with E-state index in [2.05, 4.69) is 19.9 Å². The van der Waals surface area contributed by atoms with Gasteiger partial charge in [-0.25, -0.2) is 9.59 Å². The van der Waals surface area contributed by atoms with Crippen LogP contribution in [0.1, 0.15) is 56.2 Å². The maximum absolute atomic E-state index is 12.6. The van der Waals surface area contributed by atoms with E-state index in [1.54, 1.807) is 0 Å². The summed E-state index contributed by atoms with van der Waals surface area (Å²) in [5, 5.41) is 1.25. The Balaban J connectivity index is 2.21. The highest BCUT2D eigenvalue weighted by atomic mass is 16.5. The number of hydrogen-bond acceptors (Lipinski definition) is 4. The van der Waals surface area contributed by atoms with E-state index in [0.717, 1.165) is 30.2 Å². The molecule has 2 aromatic rings. The Bertz CT molecular complexity index is 937. The van der Waals surface area contributed by atoms with Gasteiger partial charge in [0.25, 0.3) is 0 Å². The number of fused-ring (bicyclic) bond motifs is 5. The molecule has 4 rings (SSSR count). The second-order valence-electron chi connectivity index (χ2n) is 7.38. The predicted octanol–water partition coefficient (Wildman–Crippen LogP) is 3.26. The van der Waals surface area contributed by atoms with Crippen molar-refractivity contribution in [3.05, 3.63) is 49.7 Å². The summed E-state index contributed by atoms with van der Waals surface area (Å²) < 4.78 is 10.9. The van der Waals surface area contributed by atoms with E-state index >= 15 is 0 Å². The summed E-state index contributed by atoms with van der Waals surface area (Å²) in [4.78, 5) is 24.9. The summed E-state index contributed by atoms with van der Waals surface area (Å²) in [6.45, 7) is 6.77. The molecule has 0 amide bonds. The zero-order valence-corrected chi connectivity index (χ0v) is 13.7. The van der Waals surface area contributed by atoms with E-state index in [1.807, 2.05) is 13.0 Å². The highest BCUT2D eigenvalue weighted by Crippen LogP contribution is 2.42. The number of rotatable bonds is 0. The first-order chi connectivity index (χ1) is 10.9. The number of hydrogen-bond donors (Lipinski definition) is 0. The van der Waals surface area contributed by atoms with Gasteiger partial charge < -0.3 is 9.15 Å². The molecule has 0 radical (unpaired) electrons. The van der Waals surface area contributed by atoms with Crippen LogP contribution in [0.3, 0.4) is 0 Å². The molecule has 0 saturated carbocycles. The molecule has 1 aromatic carbocycles. The Morgan fingerprint density at radius 2 is 1.96 bits per heavy atom. The smallest absolute Gasteiger partial charge is 0.347 e. The summed E-state index contributed by atoms with van der Waals surface area (Å²) in [5.74, 6) is 0.484.